The standard InChI is InChI=1S/C24H20BrNO4/c1-13-6-4-7-18(15(13)3)26-21(19-8-5-11-30-19)20(23(28)24(26)29)22(27)16-9-10-17(25)14(2)12-16/h4-12,21,27H,1-3H3/b22-20-. The third-order valence-electron chi connectivity index (χ3n) is 5.52. The summed E-state index contributed by atoms with van der Waals surface area (Å²) in [5, 5.41) is 11.1. The number of rotatable bonds is 3. The van der Waals surface area contributed by atoms with Gasteiger partial charge in [-0.2, -0.15) is 0 Å². The summed E-state index contributed by atoms with van der Waals surface area (Å²) in [6.07, 6.45) is 1.49. The molecule has 1 atom stereocenters. The number of nitrogens with zero attached hydrogens (tertiary/aromatic N) is 1. The van der Waals surface area contributed by atoms with E-state index in [-0.39, 0.29) is 11.3 Å². The maximum atomic E-state index is 13.1. The second-order valence-electron chi connectivity index (χ2n) is 7.37. The van der Waals surface area contributed by atoms with Crippen LogP contribution in [0.4, 0.5) is 5.69 Å². The van der Waals surface area contributed by atoms with Crippen LogP contribution >= 0.6 is 15.9 Å². The summed E-state index contributed by atoms with van der Waals surface area (Å²) in [4.78, 5) is 27.6. The average molecular weight is 466 g/mol. The van der Waals surface area contributed by atoms with E-state index in [1.54, 1.807) is 36.4 Å². The number of furan rings is 1. The van der Waals surface area contributed by atoms with Gasteiger partial charge in [-0.25, -0.2) is 0 Å². The Bertz CT molecular complexity index is 1190. The number of benzene rings is 2. The molecule has 1 N–H and O–H groups in total. The molecule has 3 aromatic rings. The second-order valence-corrected chi connectivity index (χ2v) is 8.22. The topological polar surface area (TPSA) is 70.8 Å². The quantitative estimate of drug-likeness (QED) is 0.310. The Kier molecular flexibility index (Phi) is 5.12. The van der Waals surface area contributed by atoms with Gasteiger partial charge in [0.25, 0.3) is 11.7 Å². The van der Waals surface area contributed by atoms with Crippen LogP contribution in [0.1, 0.15) is 34.1 Å². The number of aliphatic hydroxyl groups is 1. The fraction of sp³-hybridized carbons (Fsp3) is 0.167. The number of carbonyl (C=O) groups excluding carboxylic acids is 2. The number of anilines is 1. The number of amides is 1. The van der Waals surface area contributed by atoms with Crippen LogP contribution < -0.4 is 4.90 Å². The van der Waals surface area contributed by atoms with Crippen molar-refractivity contribution in [3.63, 3.8) is 0 Å². The highest BCUT2D eigenvalue weighted by molar-refractivity contribution is 9.10. The minimum absolute atomic E-state index is 0.0116. The van der Waals surface area contributed by atoms with Gasteiger partial charge in [-0.1, -0.05) is 34.1 Å². The van der Waals surface area contributed by atoms with Gasteiger partial charge in [0.2, 0.25) is 0 Å². The van der Waals surface area contributed by atoms with Crippen LogP contribution in [0.5, 0.6) is 0 Å². The van der Waals surface area contributed by atoms with E-state index in [0.717, 1.165) is 21.2 Å². The molecular formula is C24H20BrNO4. The highest BCUT2D eigenvalue weighted by Crippen LogP contribution is 2.43. The first-order valence-corrected chi connectivity index (χ1v) is 10.3. The molecule has 5 nitrogen and oxygen atoms in total. The normalized spacial score (nSPS) is 18.3. The zero-order valence-electron chi connectivity index (χ0n) is 16.8. The van der Waals surface area contributed by atoms with E-state index in [0.29, 0.717) is 17.0 Å². The molecule has 30 heavy (non-hydrogen) atoms. The minimum Gasteiger partial charge on any atom is -0.507 e. The average Bonchev–Trinajstić information content (AvgIpc) is 3.33. The third-order valence-corrected chi connectivity index (χ3v) is 6.41. The van der Waals surface area contributed by atoms with Crippen LogP contribution in [0.15, 0.2) is 69.3 Å². The van der Waals surface area contributed by atoms with Crippen molar-refractivity contribution in [3.8, 4) is 0 Å². The summed E-state index contributed by atoms with van der Waals surface area (Å²) in [6, 6.07) is 13.4. The number of halogens is 1. The van der Waals surface area contributed by atoms with E-state index in [1.165, 1.54) is 11.2 Å². The number of carbonyl (C=O) groups is 2. The highest BCUT2D eigenvalue weighted by Gasteiger charge is 2.48. The van der Waals surface area contributed by atoms with E-state index in [1.807, 2.05) is 32.9 Å². The molecule has 4 rings (SSSR count). The molecule has 1 amide bonds. The highest BCUT2D eigenvalue weighted by atomic mass is 79.9. The Balaban J connectivity index is 1.96. The lowest BCUT2D eigenvalue weighted by Gasteiger charge is -2.25. The van der Waals surface area contributed by atoms with Gasteiger partial charge in [0.15, 0.2) is 0 Å². The molecule has 0 bridgehead atoms. The molecule has 0 spiro atoms. The summed E-state index contributed by atoms with van der Waals surface area (Å²) in [5.41, 5.74) is 3.87. The van der Waals surface area contributed by atoms with Gasteiger partial charge in [0.1, 0.15) is 17.6 Å². The molecule has 1 aliphatic rings. The second kappa shape index (κ2) is 7.61. The number of Topliss-reactive ketones (excluding diaryl/α,β-unsaturated/α-hetero) is 1. The summed E-state index contributed by atoms with van der Waals surface area (Å²) in [5.74, 6) is -1.25. The smallest absolute Gasteiger partial charge is 0.300 e. The summed E-state index contributed by atoms with van der Waals surface area (Å²) >= 11 is 3.44. The molecule has 152 valence electrons. The van der Waals surface area contributed by atoms with Gasteiger partial charge in [0, 0.05) is 15.7 Å². The van der Waals surface area contributed by atoms with Crippen molar-refractivity contribution in [1.29, 1.82) is 0 Å². The van der Waals surface area contributed by atoms with Crippen molar-refractivity contribution in [2.45, 2.75) is 26.8 Å². The van der Waals surface area contributed by atoms with Crippen LogP contribution in [0.2, 0.25) is 0 Å². The summed E-state index contributed by atoms with van der Waals surface area (Å²) < 4.78 is 6.48. The van der Waals surface area contributed by atoms with E-state index in [2.05, 4.69) is 15.9 Å². The Morgan fingerprint density at radius 2 is 1.80 bits per heavy atom. The number of hydrogen-bond donors (Lipinski definition) is 1. The SMILES string of the molecule is Cc1cc(/C(O)=C2/C(=O)C(=O)N(c3cccc(C)c3C)C2c2ccco2)ccc1Br. The Hall–Kier alpha value is -3.12. The maximum absolute atomic E-state index is 13.1. The molecule has 1 unspecified atom stereocenters. The van der Waals surface area contributed by atoms with Crippen LogP contribution in [0.25, 0.3) is 5.76 Å². The number of ketones is 1. The predicted octanol–water partition coefficient (Wildman–Crippen LogP) is 5.59. The largest absolute Gasteiger partial charge is 0.507 e. The molecule has 0 radical (unpaired) electrons. The summed E-state index contributed by atoms with van der Waals surface area (Å²) in [6.45, 7) is 5.74. The molecule has 0 aliphatic carbocycles. The molecule has 2 aromatic carbocycles. The maximum Gasteiger partial charge on any atom is 0.300 e. The third kappa shape index (κ3) is 3.17. The minimum atomic E-state index is -0.857. The first-order valence-electron chi connectivity index (χ1n) is 9.48. The van der Waals surface area contributed by atoms with Crippen molar-refractivity contribution in [1.82, 2.24) is 0 Å². The van der Waals surface area contributed by atoms with Crippen molar-refractivity contribution in [2.24, 2.45) is 0 Å². The number of hydrogen-bond acceptors (Lipinski definition) is 4. The van der Waals surface area contributed by atoms with Crippen molar-refractivity contribution >= 4 is 39.1 Å². The fourth-order valence-corrected chi connectivity index (χ4v) is 3.99. The van der Waals surface area contributed by atoms with Gasteiger partial charge >= 0.3 is 0 Å². The molecular weight excluding hydrogens is 446 g/mol. The number of aryl methyl sites for hydroxylation is 2. The fourth-order valence-electron chi connectivity index (χ4n) is 3.74. The van der Waals surface area contributed by atoms with Crippen LogP contribution in [0.3, 0.4) is 0 Å². The predicted molar refractivity (Wildman–Crippen MR) is 118 cm³/mol. The van der Waals surface area contributed by atoms with Crippen molar-refractivity contribution in [2.75, 3.05) is 4.90 Å². The van der Waals surface area contributed by atoms with Crippen LogP contribution in [-0.4, -0.2) is 16.8 Å². The van der Waals surface area contributed by atoms with Gasteiger partial charge in [-0.15, -0.1) is 0 Å². The van der Waals surface area contributed by atoms with Gasteiger partial charge in [-0.05, 0) is 67.8 Å². The zero-order chi connectivity index (χ0) is 21.6. The van der Waals surface area contributed by atoms with Gasteiger partial charge < -0.3 is 9.52 Å². The van der Waals surface area contributed by atoms with Crippen LogP contribution in [-0.2, 0) is 9.59 Å². The van der Waals surface area contributed by atoms with E-state index in [4.69, 9.17) is 4.42 Å². The van der Waals surface area contributed by atoms with E-state index in [9.17, 15) is 14.7 Å². The Labute approximate surface area is 182 Å². The Morgan fingerprint density at radius 3 is 2.47 bits per heavy atom. The Morgan fingerprint density at radius 1 is 1.03 bits per heavy atom. The lowest BCUT2D eigenvalue weighted by Crippen LogP contribution is -2.30. The van der Waals surface area contributed by atoms with Crippen LogP contribution in [0, 0.1) is 20.8 Å². The molecule has 2 heterocycles. The van der Waals surface area contributed by atoms with E-state index >= 15 is 0 Å². The van der Waals surface area contributed by atoms with Crippen molar-refractivity contribution < 1.29 is 19.1 Å². The molecule has 1 fully saturated rings. The van der Waals surface area contributed by atoms with Gasteiger partial charge in [0.05, 0.1) is 11.8 Å². The molecule has 1 saturated heterocycles. The first-order chi connectivity index (χ1) is 14.3. The molecule has 1 aliphatic heterocycles. The molecule has 1 aromatic heterocycles. The molecule has 6 heteroatoms. The number of aliphatic hydroxyl groups excluding tert-OH is 1. The van der Waals surface area contributed by atoms with Gasteiger partial charge in [-0.3, -0.25) is 14.5 Å². The lowest BCUT2D eigenvalue weighted by molar-refractivity contribution is -0.132. The monoisotopic (exact) mass is 465 g/mol. The van der Waals surface area contributed by atoms with Crippen molar-refractivity contribution in [3.05, 3.63) is 92.9 Å². The summed E-state index contributed by atoms with van der Waals surface area (Å²) in [7, 11) is 0. The zero-order valence-corrected chi connectivity index (χ0v) is 18.4. The lowest BCUT2D eigenvalue weighted by atomic mass is 9.98. The first kappa shape index (κ1) is 20.2. The van der Waals surface area contributed by atoms with E-state index < -0.39 is 17.7 Å². The molecule has 0 saturated carbocycles.